The SMILES string of the molecule is COC(=O)c1ccc2c(OCCN3CCC(Cc4cccc(NS(C)(=O)=O)c4)CC3)cccc2n1. The van der Waals surface area contributed by atoms with E-state index >= 15 is 0 Å². The van der Waals surface area contributed by atoms with Gasteiger partial charge in [-0.2, -0.15) is 0 Å². The number of hydrogen-bond acceptors (Lipinski definition) is 7. The van der Waals surface area contributed by atoms with Gasteiger partial charge in [0.1, 0.15) is 18.1 Å². The number of benzene rings is 2. The highest BCUT2D eigenvalue weighted by molar-refractivity contribution is 7.92. The summed E-state index contributed by atoms with van der Waals surface area (Å²) in [6.45, 7) is 3.43. The first kappa shape index (κ1) is 24.9. The lowest BCUT2D eigenvalue weighted by atomic mass is 9.90. The van der Waals surface area contributed by atoms with Crippen LogP contribution in [0.2, 0.25) is 0 Å². The molecule has 1 aromatic heterocycles. The van der Waals surface area contributed by atoms with Gasteiger partial charge in [0.15, 0.2) is 0 Å². The number of ether oxygens (including phenoxy) is 2. The van der Waals surface area contributed by atoms with Gasteiger partial charge >= 0.3 is 5.97 Å². The number of carbonyl (C=O) groups excluding carboxylic acids is 1. The Hall–Kier alpha value is -3.17. The van der Waals surface area contributed by atoms with Gasteiger partial charge in [-0.15, -0.1) is 0 Å². The van der Waals surface area contributed by atoms with Gasteiger partial charge in [-0.3, -0.25) is 9.62 Å². The van der Waals surface area contributed by atoms with E-state index in [0.29, 0.717) is 23.7 Å². The summed E-state index contributed by atoms with van der Waals surface area (Å²) in [5, 5.41) is 0.867. The lowest BCUT2D eigenvalue weighted by Crippen LogP contribution is -2.37. The van der Waals surface area contributed by atoms with Crippen molar-refractivity contribution in [1.29, 1.82) is 0 Å². The van der Waals surface area contributed by atoms with Gasteiger partial charge in [-0.05, 0) is 80.2 Å². The molecule has 1 saturated heterocycles. The van der Waals surface area contributed by atoms with Gasteiger partial charge in [0.2, 0.25) is 10.0 Å². The largest absolute Gasteiger partial charge is 0.492 e. The Labute approximate surface area is 206 Å². The zero-order valence-corrected chi connectivity index (χ0v) is 20.9. The second kappa shape index (κ2) is 11.0. The summed E-state index contributed by atoms with van der Waals surface area (Å²) in [7, 11) is -1.93. The second-order valence-corrected chi connectivity index (χ2v) is 10.7. The summed E-state index contributed by atoms with van der Waals surface area (Å²) in [5.41, 5.74) is 2.74. The Morgan fingerprint density at radius 2 is 1.89 bits per heavy atom. The van der Waals surface area contributed by atoms with Crippen LogP contribution in [0, 0.1) is 5.92 Å². The van der Waals surface area contributed by atoms with Crippen LogP contribution in [-0.2, 0) is 21.2 Å². The Morgan fingerprint density at radius 3 is 2.63 bits per heavy atom. The average Bonchev–Trinajstić information content (AvgIpc) is 2.83. The molecule has 1 N–H and O–H groups in total. The maximum absolute atomic E-state index is 11.7. The van der Waals surface area contributed by atoms with E-state index in [1.165, 1.54) is 7.11 Å². The Kier molecular flexibility index (Phi) is 7.87. The number of sulfonamides is 1. The van der Waals surface area contributed by atoms with Crippen LogP contribution in [0.3, 0.4) is 0 Å². The van der Waals surface area contributed by atoms with Crippen molar-refractivity contribution in [2.24, 2.45) is 5.92 Å². The molecule has 0 spiro atoms. The molecule has 2 heterocycles. The highest BCUT2D eigenvalue weighted by Crippen LogP contribution is 2.26. The molecule has 9 heteroatoms. The third-order valence-electron chi connectivity index (χ3n) is 6.21. The van der Waals surface area contributed by atoms with E-state index < -0.39 is 16.0 Å². The molecule has 35 heavy (non-hydrogen) atoms. The minimum absolute atomic E-state index is 0.276. The van der Waals surface area contributed by atoms with Crippen LogP contribution in [-0.4, -0.2) is 63.9 Å². The summed E-state index contributed by atoms with van der Waals surface area (Å²) < 4.78 is 36.3. The molecule has 0 aliphatic carbocycles. The van der Waals surface area contributed by atoms with Crippen LogP contribution < -0.4 is 9.46 Å². The van der Waals surface area contributed by atoms with Crippen LogP contribution in [0.25, 0.3) is 10.9 Å². The molecule has 0 atom stereocenters. The normalized spacial score (nSPS) is 15.1. The number of nitrogens with one attached hydrogen (secondary N) is 1. The number of likely N-dealkylation sites (tertiary alicyclic amines) is 1. The molecule has 0 saturated carbocycles. The fourth-order valence-corrected chi connectivity index (χ4v) is 5.03. The third-order valence-corrected chi connectivity index (χ3v) is 6.82. The van der Waals surface area contributed by atoms with Gasteiger partial charge in [0, 0.05) is 17.6 Å². The molecular weight excluding hydrogens is 466 g/mol. The van der Waals surface area contributed by atoms with Crippen molar-refractivity contribution in [3.05, 3.63) is 65.9 Å². The quantitative estimate of drug-likeness (QED) is 0.450. The van der Waals surface area contributed by atoms with E-state index in [4.69, 9.17) is 9.47 Å². The number of pyridine rings is 1. The molecular formula is C26H31N3O5S. The Bertz CT molecular complexity index is 1290. The summed E-state index contributed by atoms with van der Waals surface area (Å²) in [4.78, 5) is 18.5. The highest BCUT2D eigenvalue weighted by Gasteiger charge is 2.20. The molecule has 2 aromatic carbocycles. The number of carbonyl (C=O) groups is 1. The first-order chi connectivity index (χ1) is 16.8. The van der Waals surface area contributed by atoms with E-state index in [0.717, 1.165) is 61.9 Å². The van der Waals surface area contributed by atoms with E-state index in [1.807, 2.05) is 36.4 Å². The predicted molar refractivity (Wildman–Crippen MR) is 136 cm³/mol. The van der Waals surface area contributed by atoms with E-state index in [9.17, 15) is 13.2 Å². The number of nitrogens with zero attached hydrogens (tertiary/aromatic N) is 2. The molecule has 4 rings (SSSR count). The zero-order chi connectivity index (χ0) is 24.8. The topological polar surface area (TPSA) is 97.8 Å². The molecule has 1 aliphatic heterocycles. The number of fused-ring (bicyclic) bond motifs is 1. The van der Waals surface area contributed by atoms with Gasteiger partial charge in [0.05, 0.1) is 18.9 Å². The molecule has 8 nitrogen and oxygen atoms in total. The van der Waals surface area contributed by atoms with Crippen LogP contribution in [0.15, 0.2) is 54.6 Å². The van der Waals surface area contributed by atoms with Gasteiger partial charge in [0.25, 0.3) is 0 Å². The lowest BCUT2D eigenvalue weighted by Gasteiger charge is -2.32. The number of aromatic nitrogens is 1. The van der Waals surface area contributed by atoms with Crippen molar-refractivity contribution >= 4 is 32.6 Å². The Morgan fingerprint density at radius 1 is 1.11 bits per heavy atom. The number of methoxy groups -OCH3 is 1. The fourth-order valence-electron chi connectivity index (χ4n) is 4.48. The number of rotatable bonds is 9. The minimum atomic E-state index is -3.27. The molecule has 1 aliphatic rings. The summed E-state index contributed by atoms with van der Waals surface area (Å²) in [6, 6.07) is 16.8. The smallest absolute Gasteiger partial charge is 0.356 e. The van der Waals surface area contributed by atoms with E-state index in [2.05, 4.69) is 20.7 Å². The minimum Gasteiger partial charge on any atom is -0.492 e. The number of hydrogen-bond donors (Lipinski definition) is 1. The fraction of sp³-hybridized carbons (Fsp3) is 0.385. The monoisotopic (exact) mass is 497 g/mol. The van der Waals surface area contributed by atoms with Gasteiger partial charge in [-0.1, -0.05) is 18.2 Å². The molecule has 0 unspecified atom stereocenters. The van der Waals surface area contributed by atoms with Gasteiger partial charge in [-0.25, -0.2) is 18.2 Å². The van der Waals surface area contributed by atoms with Crippen molar-refractivity contribution in [2.45, 2.75) is 19.3 Å². The standard InChI is InChI=1S/C26H31N3O5S/c1-33-26(30)24-10-9-22-23(27-24)7-4-8-25(22)34-16-15-29-13-11-19(12-14-29)17-20-5-3-6-21(18-20)28-35(2,31)32/h3-10,18-19,28H,11-17H2,1-2H3. The van der Waals surface area contributed by atoms with Crippen LogP contribution in [0.5, 0.6) is 5.75 Å². The van der Waals surface area contributed by atoms with Crippen LogP contribution >= 0.6 is 0 Å². The number of esters is 1. The first-order valence-electron chi connectivity index (χ1n) is 11.7. The van der Waals surface area contributed by atoms with Crippen molar-refractivity contribution < 1.29 is 22.7 Å². The molecule has 1 fully saturated rings. The first-order valence-corrected chi connectivity index (χ1v) is 13.6. The Balaban J connectivity index is 1.25. The average molecular weight is 498 g/mol. The number of anilines is 1. The maximum atomic E-state index is 11.7. The second-order valence-electron chi connectivity index (χ2n) is 8.92. The lowest BCUT2D eigenvalue weighted by molar-refractivity contribution is 0.0594. The van der Waals surface area contributed by atoms with Crippen molar-refractivity contribution in [2.75, 3.05) is 44.3 Å². The summed E-state index contributed by atoms with van der Waals surface area (Å²) in [6.07, 6.45) is 4.30. The molecule has 3 aromatic rings. The molecule has 0 amide bonds. The highest BCUT2D eigenvalue weighted by atomic mass is 32.2. The molecule has 0 bridgehead atoms. The van der Waals surface area contributed by atoms with Crippen molar-refractivity contribution in [3.8, 4) is 5.75 Å². The van der Waals surface area contributed by atoms with Crippen LogP contribution in [0.1, 0.15) is 28.9 Å². The van der Waals surface area contributed by atoms with Crippen molar-refractivity contribution in [1.82, 2.24) is 9.88 Å². The van der Waals surface area contributed by atoms with Crippen LogP contribution in [0.4, 0.5) is 5.69 Å². The summed E-state index contributed by atoms with van der Waals surface area (Å²) in [5.74, 6) is 0.873. The molecule has 186 valence electrons. The summed E-state index contributed by atoms with van der Waals surface area (Å²) >= 11 is 0. The van der Waals surface area contributed by atoms with E-state index in [-0.39, 0.29) is 5.69 Å². The third kappa shape index (κ3) is 6.93. The van der Waals surface area contributed by atoms with E-state index in [1.54, 1.807) is 12.1 Å². The van der Waals surface area contributed by atoms with Crippen molar-refractivity contribution in [3.63, 3.8) is 0 Å². The predicted octanol–water partition coefficient (Wildman–Crippen LogP) is 3.73. The number of piperidine rings is 1. The van der Waals surface area contributed by atoms with Gasteiger partial charge < -0.3 is 9.47 Å². The molecule has 0 radical (unpaired) electrons. The maximum Gasteiger partial charge on any atom is 0.356 e. The zero-order valence-electron chi connectivity index (χ0n) is 20.1.